The normalized spacial score (nSPS) is 20.5. The molecule has 4 rings (SSSR count). The first kappa shape index (κ1) is 23.7. The number of nitrogens with zero attached hydrogens (tertiary/aromatic N) is 1. The Hall–Kier alpha value is -3.45. The average molecular weight is 486 g/mol. The van der Waals surface area contributed by atoms with Crippen LogP contribution in [0.25, 0.3) is 0 Å². The summed E-state index contributed by atoms with van der Waals surface area (Å²) in [6.45, 7) is 0. The summed E-state index contributed by atoms with van der Waals surface area (Å²) in [5.74, 6) is -2.93. The summed E-state index contributed by atoms with van der Waals surface area (Å²) in [5, 5.41) is 26.9. The van der Waals surface area contributed by atoms with Gasteiger partial charge in [-0.3, -0.25) is 14.4 Å². The number of thiazole rings is 1. The fraction of sp³-hybridized carbons (Fsp3) is 0.381. The second-order valence-electron chi connectivity index (χ2n) is 8.31. The van der Waals surface area contributed by atoms with Gasteiger partial charge in [-0.2, -0.15) is 0 Å². The number of anilines is 1. The zero-order chi connectivity index (χ0) is 24.4. The van der Waals surface area contributed by atoms with Crippen molar-refractivity contribution in [3.63, 3.8) is 0 Å². The highest BCUT2D eigenvalue weighted by atomic mass is 32.1. The third-order valence-electron chi connectivity index (χ3n) is 5.91. The van der Waals surface area contributed by atoms with Gasteiger partial charge in [-0.15, -0.1) is 11.3 Å². The van der Waals surface area contributed by atoms with Gasteiger partial charge in [0.15, 0.2) is 10.9 Å². The number of carbonyl (C=O) groups excluding carboxylic acids is 3. The predicted octanol–water partition coefficient (Wildman–Crippen LogP) is 0.694. The van der Waals surface area contributed by atoms with Crippen LogP contribution in [0.3, 0.4) is 0 Å². The van der Waals surface area contributed by atoms with E-state index >= 15 is 0 Å². The smallest absolute Gasteiger partial charge is 0.526 e. The Morgan fingerprint density at radius 3 is 2.85 bits per heavy atom. The maximum atomic E-state index is 13.3. The fourth-order valence-corrected chi connectivity index (χ4v) is 4.79. The van der Waals surface area contributed by atoms with Crippen molar-refractivity contribution in [3.05, 3.63) is 40.4 Å². The molecule has 0 aliphatic carbocycles. The number of Topliss-reactive ketones (excluding diaryl/α,β-unsaturated/α-hetero) is 1. The molecule has 2 aliphatic rings. The second-order valence-corrected chi connectivity index (χ2v) is 9.20. The number of hydrogen-bond donors (Lipinski definition) is 5. The molecule has 1 saturated heterocycles. The van der Waals surface area contributed by atoms with Crippen LogP contribution in [0.4, 0.5) is 5.13 Å². The molecule has 1 aromatic heterocycles. The molecule has 1 fully saturated rings. The first-order chi connectivity index (χ1) is 16.2. The number of aromatic carboxylic acids is 1. The van der Waals surface area contributed by atoms with Crippen molar-refractivity contribution < 1.29 is 34.0 Å². The van der Waals surface area contributed by atoms with Gasteiger partial charge in [-0.25, -0.2) is 9.78 Å². The summed E-state index contributed by atoms with van der Waals surface area (Å²) in [6, 6.07) is 2.75. The van der Waals surface area contributed by atoms with E-state index in [2.05, 4.69) is 15.6 Å². The number of nitrogens with one attached hydrogen (secondary N) is 2. The SMILES string of the molecule is Nc1nc(C(NC(=O)C2CCCC(=O)N2)C(=O)C[C@H]2Cc3cccc(C(=O)O)c3OB2O)cs1. The maximum Gasteiger partial charge on any atom is 0.526 e. The molecule has 0 saturated carbocycles. The summed E-state index contributed by atoms with van der Waals surface area (Å²) in [6.07, 6.45) is 1.41. The number of para-hydroxylation sites is 1. The minimum Gasteiger partial charge on any atom is -0.535 e. The molecule has 3 atom stereocenters. The Kier molecular flexibility index (Phi) is 6.84. The number of nitrogens with two attached hydrogens (primary N) is 1. The van der Waals surface area contributed by atoms with E-state index in [9.17, 15) is 29.3 Å². The number of carbonyl (C=O) groups is 4. The lowest BCUT2D eigenvalue weighted by Gasteiger charge is -2.29. The van der Waals surface area contributed by atoms with E-state index in [4.69, 9.17) is 10.4 Å². The Morgan fingerprint density at radius 1 is 1.38 bits per heavy atom. The van der Waals surface area contributed by atoms with Gasteiger partial charge in [0.25, 0.3) is 0 Å². The number of rotatable bonds is 7. The zero-order valence-electron chi connectivity index (χ0n) is 18.0. The Morgan fingerprint density at radius 2 is 2.18 bits per heavy atom. The number of carboxylic acid groups (broad SMARTS) is 1. The molecule has 34 heavy (non-hydrogen) atoms. The lowest BCUT2D eigenvalue weighted by molar-refractivity contribution is -0.133. The fourth-order valence-electron chi connectivity index (χ4n) is 4.20. The van der Waals surface area contributed by atoms with Gasteiger partial charge in [0, 0.05) is 24.0 Å². The molecule has 0 spiro atoms. The molecule has 0 radical (unpaired) electrons. The molecule has 3 heterocycles. The van der Waals surface area contributed by atoms with Crippen LogP contribution < -0.4 is 21.0 Å². The number of ketones is 1. The van der Waals surface area contributed by atoms with Crippen LogP contribution in [0.15, 0.2) is 23.6 Å². The second kappa shape index (κ2) is 9.81. The highest BCUT2D eigenvalue weighted by molar-refractivity contribution is 7.13. The molecule has 6 N–H and O–H groups in total. The summed E-state index contributed by atoms with van der Waals surface area (Å²) in [5.41, 5.74) is 6.48. The van der Waals surface area contributed by atoms with Crippen LogP contribution in [-0.2, 0) is 20.8 Å². The predicted molar refractivity (Wildman–Crippen MR) is 122 cm³/mol. The Balaban J connectivity index is 1.51. The number of carboxylic acids is 1. The summed E-state index contributed by atoms with van der Waals surface area (Å²) in [4.78, 5) is 53.3. The van der Waals surface area contributed by atoms with Crippen molar-refractivity contribution >= 4 is 47.2 Å². The van der Waals surface area contributed by atoms with Crippen LogP contribution in [0.2, 0.25) is 5.82 Å². The number of piperidine rings is 1. The monoisotopic (exact) mass is 486 g/mol. The van der Waals surface area contributed by atoms with Crippen molar-refractivity contribution in [1.82, 2.24) is 15.6 Å². The van der Waals surface area contributed by atoms with Crippen molar-refractivity contribution in [3.8, 4) is 5.75 Å². The number of fused-ring (bicyclic) bond motifs is 1. The molecule has 13 heteroatoms. The van der Waals surface area contributed by atoms with Crippen LogP contribution in [0.5, 0.6) is 5.75 Å². The van der Waals surface area contributed by atoms with E-state index < -0.39 is 42.7 Å². The van der Waals surface area contributed by atoms with E-state index in [0.717, 1.165) is 11.3 Å². The first-order valence-electron chi connectivity index (χ1n) is 10.8. The standard InChI is InChI=1S/C21H23BN4O7S/c23-21-25-14(9-34-21)17(26-19(29)13-5-2-6-16(28)24-13)15(27)8-11-7-10-3-1-4-12(20(30)31)18(10)33-22(11)32/h1,3-4,9,11,13,17,32H,2,5-8H2,(H2,23,25)(H,24,28)(H,26,29)(H,30,31)/t11-,13?,17?/m1/s1. The number of aromatic nitrogens is 1. The van der Waals surface area contributed by atoms with Gasteiger partial charge < -0.3 is 31.2 Å². The third-order valence-corrected chi connectivity index (χ3v) is 6.60. The highest BCUT2D eigenvalue weighted by Crippen LogP contribution is 2.37. The number of benzene rings is 1. The van der Waals surface area contributed by atoms with E-state index in [1.54, 1.807) is 17.5 Å². The molecular weight excluding hydrogens is 463 g/mol. The van der Waals surface area contributed by atoms with E-state index in [-0.39, 0.29) is 40.9 Å². The minimum absolute atomic E-state index is 0.0704. The lowest BCUT2D eigenvalue weighted by Crippen LogP contribution is -2.51. The van der Waals surface area contributed by atoms with Crippen molar-refractivity contribution in [2.45, 2.75) is 50.0 Å². The summed E-state index contributed by atoms with van der Waals surface area (Å²) in [7, 11) is -1.41. The van der Waals surface area contributed by atoms with Gasteiger partial charge >= 0.3 is 13.1 Å². The maximum absolute atomic E-state index is 13.3. The molecule has 2 amide bonds. The topological polar surface area (TPSA) is 181 Å². The first-order valence-corrected chi connectivity index (χ1v) is 11.6. The van der Waals surface area contributed by atoms with Gasteiger partial charge in [0.05, 0.1) is 11.3 Å². The van der Waals surface area contributed by atoms with E-state index in [1.807, 2.05) is 0 Å². The molecule has 0 bridgehead atoms. The summed E-state index contributed by atoms with van der Waals surface area (Å²) < 4.78 is 5.47. The summed E-state index contributed by atoms with van der Waals surface area (Å²) >= 11 is 1.12. The number of hydrogen-bond acceptors (Lipinski definition) is 9. The van der Waals surface area contributed by atoms with Crippen molar-refractivity contribution in [1.29, 1.82) is 0 Å². The molecule has 2 unspecified atom stereocenters. The lowest BCUT2D eigenvalue weighted by atomic mass is 9.64. The van der Waals surface area contributed by atoms with Crippen LogP contribution >= 0.6 is 11.3 Å². The number of amides is 2. The Bertz CT molecular complexity index is 1140. The zero-order valence-corrected chi connectivity index (χ0v) is 18.8. The molecule has 1 aromatic carbocycles. The number of nitrogen functional groups attached to an aromatic ring is 1. The van der Waals surface area contributed by atoms with Crippen LogP contribution in [0.1, 0.15) is 53.3 Å². The van der Waals surface area contributed by atoms with Crippen molar-refractivity contribution in [2.75, 3.05) is 5.73 Å². The van der Waals surface area contributed by atoms with Gasteiger partial charge in [0.2, 0.25) is 11.8 Å². The van der Waals surface area contributed by atoms with Gasteiger partial charge in [0.1, 0.15) is 17.8 Å². The Labute approximate surface area is 198 Å². The van der Waals surface area contributed by atoms with Crippen LogP contribution in [0, 0.1) is 0 Å². The van der Waals surface area contributed by atoms with Crippen molar-refractivity contribution in [2.24, 2.45) is 0 Å². The molecular formula is C21H23BN4O7S. The largest absolute Gasteiger partial charge is 0.535 e. The minimum atomic E-state index is -1.41. The van der Waals surface area contributed by atoms with Crippen LogP contribution in [-0.4, -0.2) is 51.8 Å². The highest BCUT2D eigenvalue weighted by Gasteiger charge is 2.40. The molecule has 178 valence electrons. The van der Waals surface area contributed by atoms with Gasteiger partial charge in [-0.1, -0.05) is 12.1 Å². The molecule has 11 nitrogen and oxygen atoms in total. The third kappa shape index (κ3) is 5.05. The van der Waals surface area contributed by atoms with E-state index in [1.165, 1.54) is 6.07 Å². The molecule has 2 aliphatic heterocycles. The average Bonchev–Trinajstić information content (AvgIpc) is 3.23. The van der Waals surface area contributed by atoms with E-state index in [0.29, 0.717) is 24.8 Å². The molecule has 2 aromatic rings. The van der Waals surface area contributed by atoms with Gasteiger partial charge in [-0.05, 0) is 30.9 Å². The quantitative estimate of drug-likeness (QED) is 0.352.